The Kier molecular flexibility index (Phi) is 4.58. The van der Waals surface area contributed by atoms with Crippen LogP contribution in [0.15, 0.2) is 108 Å². The number of nitrogens with one attached hydrogen (secondary N) is 1. The molecule has 0 amide bonds. The molecular weight excluding hydrogens is 516 g/mol. The Labute approximate surface area is 242 Å². The molecular formula is C36H28N6. The van der Waals surface area contributed by atoms with E-state index in [9.17, 15) is 0 Å². The van der Waals surface area contributed by atoms with E-state index in [4.69, 9.17) is 16.1 Å². The topological polar surface area (TPSA) is 75.1 Å². The van der Waals surface area contributed by atoms with Gasteiger partial charge in [0.25, 0.3) is 0 Å². The first-order valence-electron chi connectivity index (χ1n) is 14.3. The molecule has 2 atom stereocenters. The smallest absolute Gasteiger partial charge is 0.0939 e. The van der Waals surface area contributed by atoms with Crippen LogP contribution in [0.2, 0.25) is 0 Å². The number of nitrogen functional groups attached to an aromatic ring is 1. The van der Waals surface area contributed by atoms with Crippen LogP contribution in [0.1, 0.15) is 11.1 Å². The van der Waals surface area contributed by atoms with Crippen LogP contribution in [0.3, 0.4) is 0 Å². The summed E-state index contributed by atoms with van der Waals surface area (Å²) in [5.41, 5.74) is 16.6. The molecule has 0 spiro atoms. The first-order chi connectivity index (χ1) is 20.6. The van der Waals surface area contributed by atoms with Gasteiger partial charge >= 0.3 is 0 Å². The molecule has 6 heteroatoms. The summed E-state index contributed by atoms with van der Waals surface area (Å²) in [5.74, 6) is 0. The highest BCUT2D eigenvalue weighted by Gasteiger charge is 2.50. The monoisotopic (exact) mass is 544 g/mol. The Morgan fingerprint density at radius 1 is 0.786 bits per heavy atom. The molecule has 9 rings (SSSR count). The first kappa shape index (κ1) is 23.5. The van der Waals surface area contributed by atoms with Crippen molar-refractivity contribution in [3.8, 4) is 5.69 Å². The summed E-state index contributed by atoms with van der Waals surface area (Å²) in [5, 5.41) is 13.3. The molecule has 2 aliphatic rings. The van der Waals surface area contributed by atoms with Gasteiger partial charge in [-0.05, 0) is 67.2 Å². The number of aromatic nitrogens is 2. The van der Waals surface area contributed by atoms with Crippen LogP contribution in [0.5, 0.6) is 0 Å². The number of hydrogen-bond acceptors (Lipinski definition) is 4. The number of likely N-dealkylation sites (N-methyl/N-ethyl adjacent to an activating group) is 1. The third-order valence-corrected chi connectivity index (χ3v) is 9.37. The fourth-order valence-electron chi connectivity index (χ4n) is 7.13. The fourth-order valence-corrected chi connectivity index (χ4v) is 7.13. The van der Waals surface area contributed by atoms with E-state index in [1.807, 2.05) is 24.3 Å². The van der Waals surface area contributed by atoms with E-state index in [-0.39, 0.29) is 5.54 Å². The van der Waals surface area contributed by atoms with E-state index in [0.717, 1.165) is 34.8 Å². The average molecular weight is 545 g/mol. The molecule has 7 aromatic rings. The van der Waals surface area contributed by atoms with Gasteiger partial charge in [0.2, 0.25) is 0 Å². The van der Waals surface area contributed by atoms with Gasteiger partial charge in [0.1, 0.15) is 0 Å². The Bertz CT molecular complexity index is 2310. The minimum Gasteiger partial charge on any atom is -0.397 e. The van der Waals surface area contributed by atoms with Gasteiger partial charge in [-0.3, -0.25) is 4.90 Å². The Balaban J connectivity index is 1.39. The molecule has 6 nitrogen and oxygen atoms in total. The van der Waals surface area contributed by atoms with Gasteiger partial charge in [0, 0.05) is 45.6 Å². The normalized spacial score (nSPS) is 20.4. The second kappa shape index (κ2) is 8.18. The summed E-state index contributed by atoms with van der Waals surface area (Å²) >= 11 is 0. The van der Waals surface area contributed by atoms with E-state index < -0.39 is 0 Å². The molecule has 42 heavy (non-hydrogen) atoms. The zero-order valence-corrected chi connectivity index (χ0v) is 23.2. The SMILES string of the molecule is CN1CC1(C=N)c1cc2c3c(c1)c1cc4c5ccccc5n(-c5ccccc5)c4cc1n3CC2=Nc1ccccc1N. The zero-order chi connectivity index (χ0) is 28.2. The molecule has 0 radical (unpaired) electrons. The summed E-state index contributed by atoms with van der Waals surface area (Å²) in [6.07, 6.45) is 1.59. The summed E-state index contributed by atoms with van der Waals surface area (Å²) in [6.45, 7) is 1.50. The molecule has 1 fully saturated rings. The molecule has 2 unspecified atom stereocenters. The molecule has 0 saturated carbocycles. The van der Waals surface area contributed by atoms with Crippen molar-refractivity contribution in [3.05, 3.63) is 114 Å². The lowest BCUT2D eigenvalue weighted by Gasteiger charge is -2.13. The summed E-state index contributed by atoms with van der Waals surface area (Å²) < 4.78 is 4.79. The van der Waals surface area contributed by atoms with Crippen LogP contribution in [0.25, 0.3) is 49.3 Å². The minimum atomic E-state index is -0.369. The molecule has 0 aliphatic carbocycles. The zero-order valence-electron chi connectivity index (χ0n) is 23.2. The third-order valence-electron chi connectivity index (χ3n) is 9.37. The molecule has 2 aliphatic heterocycles. The van der Waals surface area contributed by atoms with Gasteiger partial charge < -0.3 is 20.3 Å². The average Bonchev–Trinajstić information content (AvgIpc) is 3.28. The predicted octanol–water partition coefficient (Wildman–Crippen LogP) is 7.40. The van der Waals surface area contributed by atoms with Crippen molar-refractivity contribution in [2.45, 2.75) is 12.1 Å². The molecule has 1 saturated heterocycles. The van der Waals surface area contributed by atoms with Gasteiger partial charge in [-0.1, -0.05) is 48.5 Å². The Morgan fingerprint density at radius 2 is 1.52 bits per heavy atom. The number of nitrogens with two attached hydrogens (primary N) is 1. The minimum absolute atomic E-state index is 0.369. The van der Waals surface area contributed by atoms with Gasteiger partial charge in [-0.2, -0.15) is 0 Å². The summed E-state index contributed by atoms with van der Waals surface area (Å²) in [7, 11) is 2.08. The van der Waals surface area contributed by atoms with Crippen LogP contribution < -0.4 is 5.73 Å². The molecule has 202 valence electrons. The number of benzene rings is 5. The maximum Gasteiger partial charge on any atom is 0.0939 e. The van der Waals surface area contributed by atoms with E-state index in [2.05, 4.69) is 99.9 Å². The van der Waals surface area contributed by atoms with Gasteiger partial charge in [0.05, 0.1) is 51.2 Å². The van der Waals surface area contributed by atoms with Crippen molar-refractivity contribution in [2.75, 3.05) is 19.3 Å². The largest absolute Gasteiger partial charge is 0.397 e. The van der Waals surface area contributed by atoms with Gasteiger partial charge in [-0.25, -0.2) is 4.99 Å². The van der Waals surface area contributed by atoms with Crippen LogP contribution in [-0.2, 0) is 12.1 Å². The molecule has 3 N–H and O–H groups in total. The lowest BCUT2D eigenvalue weighted by Crippen LogP contribution is -2.16. The lowest BCUT2D eigenvalue weighted by atomic mass is 9.94. The summed E-state index contributed by atoms with van der Waals surface area (Å²) in [4.78, 5) is 7.34. The number of rotatable bonds is 4. The highest BCUT2D eigenvalue weighted by molar-refractivity contribution is 6.25. The van der Waals surface area contributed by atoms with Crippen molar-refractivity contribution in [1.82, 2.24) is 14.0 Å². The van der Waals surface area contributed by atoms with E-state index in [1.54, 1.807) is 6.21 Å². The van der Waals surface area contributed by atoms with Crippen molar-refractivity contribution in [2.24, 2.45) is 4.99 Å². The van der Waals surface area contributed by atoms with Gasteiger partial charge in [-0.15, -0.1) is 0 Å². The van der Waals surface area contributed by atoms with Crippen molar-refractivity contribution in [3.63, 3.8) is 0 Å². The second-order valence-corrected chi connectivity index (χ2v) is 11.6. The highest BCUT2D eigenvalue weighted by Crippen LogP contribution is 2.46. The summed E-state index contributed by atoms with van der Waals surface area (Å²) in [6, 6.07) is 36.4. The number of nitrogens with zero attached hydrogens (tertiary/aromatic N) is 4. The van der Waals surface area contributed by atoms with Crippen molar-refractivity contribution in [1.29, 1.82) is 5.41 Å². The van der Waals surface area contributed by atoms with E-state index in [0.29, 0.717) is 12.2 Å². The number of hydrogen-bond donors (Lipinski definition) is 2. The van der Waals surface area contributed by atoms with Crippen LogP contribution >= 0.6 is 0 Å². The number of anilines is 1. The fraction of sp³-hybridized carbons (Fsp3) is 0.111. The maximum atomic E-state index is 8.33. The highest BCUT2D eigenvalue weighted by atomic mass is 15.3. The number of fused-ring (bicyclic) bond motifs is 6. The Morgan fingerprint density at radius 3 is 2.31 bits per heavy atom. The van der Waals surface area contributed by atoms with Crippen LogP contribution in [-0.4, -0.2) is 39.6 Å². The van der Waals surface area contributed by atoms with Crippen LogP contribution in [0, 0.1) is 5.41 Å². The lowest BCUT2D eigenvalue weighted by molar-refractivity contribution is 0.583. The standard InChI is InChI=1S/C36H28N6/c1-40-21-36(40,20-37)22-15-27-26-17-25-24-11-5-8-14-32(24)42(23-9-3-2-4-10-23)34(25)18-33(26)41-19-31(28(16-22)35(27)41)39-30-13-7-6-12-29(30)38/h2-18,20,37H,19,21,38H2,1H3. The van der Waals surface area contributed by atoms with E-state index >= 15 is 0 Å². The van der Waals surface area contributed by atoms with E-state index in [1.165, 1.54) is 43.6 Å². The van der Waals surface area contributed by atoms with Crippen molar-refractivity contribution < 1.29 is 0 Å². The quantitative estimate of drug-likeness (QED) is 0.138. The Hall–Kier alpha value is -5.20. The molecule has 5 aromatic carbocycles. The first-order valence-corrected chi connectivity index (χ1v) is 14.3. The molecule has 0 bridgehead atoms. The third kappa shape index (κ3) is 3.02. The van der Waals surface area contributed by atoms with Gasteiger partial charge in [0.15, 0.2) is 0 Å². The van der Waals surface area contributed by atoms with Crippen molar-refractivity contribution >= 4 is 66.9 Å². The maximum absolute atomic E-state index is 8.33. The molecule has 2 aromatic heterocycles. The number of aliphatic imine (C=N–C) groups is 1. The molecule has 4 heterocycles. The van der Waals surface area contributed by atoms with Crippen LogP contribution in [0.4, 0.5) is 11.4 Å². The predicted molar refractivity (Wildman–Crippen MR) is 174 cm³/mol. The second-order valence-electron chi connectivity index (χ2n) is 11.6. The number of para-hydroxylation sites is 4.